The molecular formula is C16H15NO. The Hall–Kier alpha value is -2.09. The van der Waals surface area contributed by atoms with E-state index in [9.17, 15) is 4.79 Å². The van der Waals surface area contributed by atoms with Crippen molar-refractivity contribution >= 4 is 11.6 Å². The van der Waals surface area contributed by atoms with Crippen molar-refractivity contribution in [2.45, 2.75) is 19.3 Å². The second-order valence-electron chi connectivity index (χ2n) is 4.82. The van der Waals surface area contributed by atoms with Gasteiger partial charge in [0.2, 0.25) is 5.91 Å². The average Bonchev–Trinajstić information content (AvgIpc) is 2.67. The van der Waals surface area contributed by atoms with Crippen LogP contribution in [0, 0.1) is 6.92 Å². The lowest BCUT2D eigenvalue weighted by Gasteiger charge is -2.09. The summed E-state index contributed by atoms with van der Waals surface area (Å²) in [5, 5.41) is 2.96. The Morgan fingerprint density at radius 1 is 1.11 bits per heavy atom. The van der Waals surface area contributed by atoms with Crippen LogP contribution in [0.1, 0.15) is 22.6 Å². The number of carbonyl (C=O) groups is 1. The highest BCUT2D eigenvalue weighted by atomic mass is 16.2. The van der Waals surface area contributed by atoms with Gasteiger partial charge in [0.1, 0.15) is 0 Å². The molecule has 2 aromatic carbocycles. The van der Waals surface area contributed by atoms with E-state index < -0.39 is 0 Å². The van der Waals surface area contributed by atoms with Gasteiger partial charge in [-0.05, 0) is 30.5 Å². The van der Waals surface area contributed by atoms with Crippen LogP contribution in [0.25, 0.3) is 0 Å². The number of fused-ring (bicyclic) bond motifs is 1. The summed E-state index contributed by atoms with van der Waals surface area (Å²) in [6, 6.07) is 16.3. The van der Waals surface area contributed by atoms with Crippen molar-refractivity contribution in [2.24, 2.45) is 0 Å². The Kier molecular flexibility index (Phi) is 2.63. The monoisotopic (exact) mass is 237 g/mol. The Bertz CT molecular complexity index is 589. The molecule has 90 valence electrons. The van der Waals surface area contributed by atoms with Gasteiger partial charge in [0.05, 0.1) is 5.92 Å². The standard InChI is InChI=1S/C16H15NO/c1-11-7-8-15-13(9-11)14(16(18)17-15)10-12-5-3-2-4-6-12/h2-9,14H,10H2,1H3,(H,17,18)/t14-/m0/s1. The third kappa shape index (κ3) is 1.90. The molecule has 2 aromatic rings. The van der Waals surface area contributed by atoms with Crippen molar-refractivity contribution in [1.82, 2.24) is 0 Å². The predicted molar refractivity (Wildman–Crippen MR) is 72.7 cm³/mol. The summed E-state index contributed by atoms with van der Waals surface area (Å²) < 4.78 is 0. The van der Waals surface area contributed by atoms with Gasteiger partial charge in [-0.15, -0.1) is 0 Å². The fourth-order valence-corrected chi connectivity index (χ4v) is 2.50. The van der Waals surface area contributed by atoms with E-state index in [0.29, 0.717) is 0 Å². The first-order valence-electron chi connectivity index (χ1n) is 6.19. The molecule has 0 aromatic heterocycles. The molecular weight excluding hydrogens is 222 g/mol. The summed E-state index contributed by atoms with van der Waals surface area (Å²) in [6.45, 7) is 2.06. The average molecular weight is 237 g/mol. The van der Waals surface area contributed by atoms with Gasteiger partial charge in [-0.1, -0.05) is 48.0 Å². The van der Waals surface area contributed by atoms with E-state index in [2.05, 4.69) is 30.4 Å². The summed E-state index contributed by atoms with van der Waals surface area (Å²) >= 11 is 0. The molecule has 0 spiro atoms. The normalized spacial score (nSPS) is 17.4. The zero-order valence-electron chi connectivity index (χ0n) is 10.3. The molecule has 3 rings (SSSR count). The highest BCUT2D eigenvalue weighted by molar-refractivity contribution is 6.03. The smallest absolute Gasteiger partial charge is 0.232 e. The lowest BCUT2D eigenvalue weighted by Crippen LogP contribution is -2.14. The molecule has 0 bridgehead atoms. The van der Waals surface area contributed by atoms with E-state index in [4.69, 9.17) is 0 Å². The maximum absolute atomic E-state index is 12.0. The molecule has 1 amide bonds. The molecule has 1 heterocycles. The Labute approximate surface area is 107 Å². The number of nitrogens with one attached hydrogen (secondary N) is 1. The van der Waals surface area contributed by atoms with Crippen LogP contribution >= 0.6 is 0 Å². The van der Waals surface area contributed by atoms with E-state index >= 15 is 0 Å². The lowest BCUT2D eigenvalue weighted by molar-refractivity contribution is -0.117. The van der Waals surface area contributed by atoms with Gasteiger partial charge in [0.25, 0.3) is 0 Å². The molecule has 1 aliphatic rings. The lowest BCUT2D eigenvalue weighted by atomic mass is 9.92. The molecule has 0 saturated carbocycles. The summed E-state index contributed by atoms with van der Waals surface area (Å²) in [6.07, 6.45) is 0.767. The van der Waals surface area contributed by atoms with Crippen LogP contribution in [0.3, 0.4) is 0 Å². The molecule has 1 aliphatic heterocycles. The number of anilines is 1. The summed E-state index contributed by atoms with van der Waals surface area (Å²) in [4.78, 5) is 12.0. The Balaban J connectivity index is 1.94. The van der Waals surface area contributed by atoms with Crippen LogP contribution in [0.15, 0.2) is 48.5 Å². The summed E-state index contributed by atoms with van der Waals surface area (Å²) in [5.74, 6) is 0.0572. The molecule has 18 heavy (non-hydrogen) atoms. The predicted octanol–water partition coefficient (Wildman–Crippen LogP) is 3.27. The maximum atomic E-state index is 12.0. The van der Waals surface area contributed by atoms with Gasteiger partial charge in [0.15, 0.2) is 0 Å². The van der Waals surface area contributed by atoms with Crippen LogP contribution in [-0.2, 0) is 11.2 Å². The van der Waals surface area contributed by atoms with Crippen LogP contribution in [0.4, 0.5) is 5.69 Å². The van der Waals surface area contributed by atoms with E-state index in [1.165, 1.54) is 11.1 Å². The molecule has 1 N–H and O–H groups in total. The maximum Gasteiger partial charge on any atom is 0.232 e. The number of hydrogen-bond acceptors (Lipinski definition) is 1. The van der Waals surface area contributed by atoms with E-state index in [-0.39, 0.29) is 11.8 Å². The fourth-order valence-electron chi connectivity index (χ4n) is 2.50. The number of hydrogen-bond donors (Lipinski definition) is 1. The van der Waals surface area contributed by atoms with Gasteiger partial charge in [-0.2, -0.15) is 0 Å². The SMILES string of the molecule is Cc1ccc2c(c1)[C@H](Cc1ccccc1)C(=O)N2. The second kappa shape index (κ2) is 4.30. The minimum absolute atomic E-state index is 0.0534. The number of rotatable bonds is 2. The number of amides is 1. The third-order valence-corrected chi connectivity index (χ3v) is 3.44. The molecule has 1 atom stereocenters. The van der Waals surface area contributed by atoms with Crippen molar-refractivity contribution in [3.8, 4) is 0 Å². The van der Waals surface area contributed by atoms with Crippen LogP contribution in [0.2, 0.25) is 0 Å². The quantitative estimate of drug-likeness (QED) is 0.853. The van der Waals surface area contributed by atoms with Crippen LogP contribution in [0.5, 0.6) is 0 Å². The van der Waals surface area contributed by atoms with Crippen molar-refractivity contribution in [3.05, 3.63) is 65.2 Å². The summed E-state index contributed by atoms with van der Waals surface area (Å²) in [7, 11) is 0. The highest BCUT2D eigenvalue weighted by Crippen LogP contribution is 2.35. The number of benzene rings is 2. The molecule has 2 heteroatoms. The number of aryl methyl sites for hydroxylation is 1. The van der Waals surface area contributed by atoms with Gasteiger partial charge >= 0.3 is 0 Å². The van der Waals surface area contributed by atoms with Crippen LogP contribution in [-0.4, -0.2) is 5.91 Å². The minimum atomic E-state index is -0.0534. The van der Waals surface area contributed by atoms with Crippen molar-refractivity contribution in [1.29, 1.82) is 0 Å². The zero-order chi connectivity index (χ0) is 12.5. The highest BCUT2D eigenvalue weighted by Gasteiger charge is 2.30. The molecule has 0 fully saturated rings. The van der Waals surface area contributed by atoms with E-state index in [1.807, 2.05) is 30.3 Å². The molecule has 2 nitrogen and oxygen atoms in total. The minimum Gasteiger partial charge on any atom is -0.325 e. The molecule has 0 aliphatic carbocycles. The fraction of sp³-hybridized carbons (Fsp3) is 0.188. The first-order chi connectivity index (χ1) is 8.74. The Morgan fingerprint density at radius 3 is 2.67 bits per heavy atom. The van der Waals surface area contributed by atoms with Crippen LogP contribution < -0.4 is 5.32 Å². The summed E-state index contributed by atoms with van der Waals surface area (Å²) in [5.41, 5.74) is 4.49. The zero-order valence-corrected chi connectivity index (χ0v) is 10.3. The van der Waals surface area contributed by atoms with Gasteiger partial charge in [-0.3, -0.25) is 4.79 Å². The molecule has 0 unspecified atom stereocenters. The first-order valence-corrected chi connectivity index (χ1v) is 6.19. The third-order valence-electron chi connectivity index (χ3n) is 3.44. The van der Waals surface area contributed by atoms with Gasteiger partial charge in [0, 0.05) is 5.69 Å². The van der Waals surface area contributed by atoms with Crippen molar-refractivity contribution < 1.29 is 4.79 Å². The molecule has 0 saturated heterocycles. The first kappa shape index (κ1) is 11.0. The Morgan fingerprint density at radius 2 is 1.89 bits per heavy atom. The van der Waals surface area contributed by atoms with E-state index in [1.54, 1.807) is 0 Å². The number of carbonyl (C=O) groups excluding carboxylic acids is 1. The van der Waals surface area contributed by atoms with Crippen molar-refractivity contribution in [2.75, 3.05) is 5.32 Å². The van der Waals surface area contributed by atoms with E-state index in [0.717, 1.165) is 17.7 Å². The van der Waals surface area contributed by atoms with Gasteiger partial charge < -0.3 is 5.32 Å². The van der Waals surface area contributed by atoms with Crippen molar-refractivity contribution in [3.63, 3.8) is 0 Å². The molecule has 0 radical (unpaired) electrons. The van der Waals surface area contributed by atoms with Gasteiger partial charge in [-0.25, -0.2) is 0 Å². The second-order valence-corrected chi connectivity index (χ2v) is 4.82. The largest absolute Gasteiger partial charge is 0.325 e. The topological polar surface area (TPSA) is 29.1 Å².